The van der Waals surface area contributed by atoms with E-state index in [1.807, 2.05) is 0 Å². The Labute approximate surface area is 142 Å². The number of alkyl halides is 5. The summed E-state index contributed by atoms with van der Waals surface area (Å²) in [5.74, 6) is -5.75. The molecule has 1 aromatic rings. The van der Waals surface area contributed by atoms with E-state index >= 15 is 0 Å². The maximum Gasteiger partial charge on any atom is 0.391 e. The second kappa shape index (κ2) is 6.25. The van der Waals surface area contributed by atoms with Gasteiger partial charge in [-0.15, -0.1) is 0 Å². The second-order valence-corrected chi connectivity index (χ2v) is 7.20. The van der Waals surface area contributed by atoms with Gasteiger partial charge in [0.1, 0.15) is 0 Å². The van der Waals surface area contributed by atoms with Crippen LogP contribution in [0.3, 0.4) is 0 Å². The molecule has 0 unspecified atom stereocenters. The van der Waals surface area contributed by atoms with Crippen molar-refractivity contribution < 1.29 is 31.9 Å². The Morgan fingerprint density at radius 1 is 1.04 bits per heavy atom. The van der Waals surface area contributed by atoms with Crippen LogP contribution in [-0.4, -0.2) is 23.2 Å². The lowest BCUT2D eigenvalue weighted by Gasteiger charge is -2.36. The summed E-state index contributed by atoms with van der Waals surface area (Å²) in [7, 11) is 0. The zero-order valence-electron chi connectivity index (χ0n) is 13.5. The van der Waals surface area contributed by atoms with Gasteiger partial charge in [-0.1, -0.05) is 12.1 Å². The van der Waals surface area contributed by atoms with E-state index < -0.39 is 24.0 Å². The third-order valence-electron chi connectivity index (χ3n) is 5.50. The summed E-state index contributed by atoms with van der Waals surface area (Å²) in [5, 5.41) is 9.36. The molecule has 0 radical (unpaired) electrons. The highest BCUT2D eigenvalue weighted by Gasteiger charge is 2.46. The molecule has 0 saturated heterocycles. The summed E-state index contributed by atoms with van der Waals surface area (Å²) in [6.07, 6.45) is -4.29. The predicted molar refractivity (Wildman–Crippen MR) is 81.1 cm³/mol. The maximum atomic E-state index is 13.1. The molecule has 7 heteroatoms. The molecule has 1 aromatic carbocycles. The molecule has 2 nitrogen and oxygen atoms in total. The Balaban J connectivity index is 1.81. The number of halogens is 5. The molecule has 0 aliphatic heterocycles. The van der Waals surface area contributed by atoms with E-state index in [1.165, 1.54) is 6.07 Å². The number of benzene rings is 1. The molecule has 0 spiro atoms. The number of rotatable bonds is 3. The molecule has 2 aliphatic rings. The first-order chi connectivity index (χ1) is 11.6. The van der Waals surface area contributed by atoms with E-state index in [4.69, 9.17) is 0 Å². The van der Waals surface area contributed by atoms with Gasteiger partial charge in [-0.25, -0.2) is 13.6 Å². The average molecular weight is 362 g/mol. The van der Waals surface area contributed by atoms with Crippen molar-refractivity contribution in [2.45, 2.75) is 62.5 Å². The molecule has 0 bridgehead atoms. The summed E-state index contributed by atoms with van der Waals surface area (Å²) in [4.78, 5) is 11.5. The first kappa shape index (κ1) is 18.1. The topological polar surface area (TPSA) is 37.3 Å². The standard InChI is InChI=1S/C18H19F5O2/c19-17(20)8-12(9-17)11-3-6-14(16(24)25)15(7-11)10-1-4-13(5-2-10)18(21,22)23/h3,6-7,10,12-13H,1-2,4-5,8-9H2,(H,24,25)/t10-,13-. The smallest absolute Gasteiger partial charge is 0.391 e. The van der Waals surface area contributed by atoms with Crippen LogP contribution in [0.25, 0.3) is 0 Å². The number of aromatic carboxylic acids is 1. The van der Waals surface area contributed by atoms with Crippen LogP contribution in [0.5, 0.6) is 0 Å². The van der Waals surface area contributed by atoms with E-state index in [1.54, 1.807) is 12.1 Å². The molecular formula is C18H19F5O2. The molecule has 2 fully saturated rings. The zero-order valence-corrected chi connectivity index (χ0v) is 13.5. The van der Waals surface area contributed by atoms with Crippen molar-refractivity contribution in [3.8, 4) is 0 Å². The summed E-state index contributed by atoms with van der Waals surface area (Å²) < 4.78 is 64.6. The minimum atomic E-state index is -4.22. The molecule has 2 saturated carbocycles. The fourth-order valence-corrected chi connectivity index (χ4v) is 4.00. The molecule has 3 rings (SSSR count). The van der Waals surface area contributed by atoms with Gasteiger partial charge in [-0.2, -0.15) is 13.2 Å². The summed E-state index contributed by atoms with van der Waals surface area (Å²) in [5.41, 5.74) is 1.20. The first-order valence-corrected chi connectivity index (χ1v) is 8.38. The first-order valence-electron chi connectivity index (χ1n) is 8.38. The SMILES string of the molecule is O=C(O)c1ccc(C2CC(F)(F)C2)cc1[C@H]1CC[C@H](C(F)(F)F)CC1. The zero-order chi connectivity index (χ0) is 18.4. The summed E-state index contributed by atoms with van der Waals surface area (Å²) in [6.45, 7) is 0. The number of carbonyl (C=O) groups is 1. The van der Waals surface area contributed by atoms with E-state index in [9.17, 15) is 31.9 Å². The highest BCUT2D eigenvalue weighted by atomic mass is 19.4. The summed E-state index contributed by atoms with van der Waals surface area (Å²) >= 11 is 0. The highest BCUT2D eigenvalue weighted by Crippen LogP contribution is 2.49. The van der Waals surface area contributed by atoms with Crippen LogP contribution in [0.2, 0.25) is 0 Å². The van der Waals surface area contributed by atoms with E-state index in [2.05, 4.69) is 0 Å². The van der Waals surface area contributed by atoms with Gasteiger partial charge >= 0.3 is 12.1 Å². The average Bonchev–Trinajstić information content (AvgIpc) is 2.51. The van der Waals surface area contributed by atoms with E-state index in [-0.39, 0.29) is 55.9 Å². The van der Waals surface area contributed by atoms with Crippen molar-refractivity contribution in [3.63, 3.8) is 0 Å². The van der Waals surface area contributed by atoms with Gasteiger partial charge in [-0.05, 0) is 54.7 Å². The third kappa shape index (κ3) is 3.80. The van der Waals surface area contributed by atoms with Gasteiger partial charge in [0.15, 0.2) is 0 Å². The largest absolute Gasteiger partial charge is 0.478 e. The van der Waals surface area contributed by atoms with Crippen molar-refractivity contribution in [1.29, 1.82) is 0 Å². The molecule has 138 valence electrons. The molecule has 25 heavy (non-hydrogen) atoms. The van der Waals surface area contributed by atoms with Gasteiger partial charge < -0.3 is 5.11 Å². The number of carboxylic acid groups (broad SMARTS) is 1. The van der Waals surface area contributed by atoms with Crippen LogP contribution in [0, 0.1) is 5.92 Å². The van der Waals surface area contributed by atoms with Crippen molar-refractivity contribution in [2.75, 3.05) is 0 Å². The molecule has 0 atom stereocenters. The molecule has 1 N–H and O–H groups in total. The van der Waals surface area contributed by atoms with Crippen LogP contribution < -0.4 is 0 Å². The van der Waals surface area contributed by atoms with Crippen molar-refractivity contribution in [2.24, 2.45) is 5.92 Å². The van der Waals surface area contributed by atoms with Crippen molar-refractivity contribution in [1.82, 2.24) is 0 Å². The van der Waals surface area contributed by atoms with Gasteiger partial charge in [0, 0.05) is 12.8 Å². The molecule has 0 heterocycles. The molecule has 2 aliphatic carbocycles. The van der Waals surface area contributed by atoms with Crippen LogP contribution in [0.1, 0.15) is 71.8 Å². The van der Waals surface area contributed by atoms with Crippen LogP contribution in [-0.2, 0) is 0 Å². The third-order valence-corrected chi connectivity index (χ3v) is 5.50. The number of hydrogen-bond donors (Lipinski definition) is 1. The second-order valence-electron chi connectivity index (χ2n) is 7.20. The molecule has 0 aromatic heterocycles. The fraction of sp³-hybridized carbons (Fsp3) is 0.611. The van der Waals surface area contributed by atoms with Gasteiger partial charge in [-0.3, -0.25) is 0 Å². The summed E-state index contributed by atoms with van der Waals surface area (Å²) in [6, 6.07) is 4.58. The lowest BCUT2D eigenvalue weighted by atomic mass is 9.73. The minimum Gasteiger partial charge on any atom is -0.478 e. The Morgan fingerprint density at radius 3 is 2.12 bits per heavy atom. The van der Waals surface area contributed by atoms with Crippen LogP contribution in [0.15, 0.2) is 18.2 Å². The predicted octanol–water partition coefficient (Wildman–Crippen LogP) is 5.73. The molecule has 0 amide bonds. The van der Waals surface area contributed by atoms with Gasteiger partial charge in [0.2, 0.25) is 5.92 Å². The normalized spacial score (nSPS) is 26.9. The highest BCUT2D eigenvalue weighted by molar-refractivity contribution is 5.89. The maximum absolute atomic E-state index is 13.1. The number of carboxylic acids is 1. The monoisotopic (exact) mass is 362 g/mol. The fourth-order valence-electron chi connectivity index (χ4n) is 4.00. The molecular weight excluding hydrogens is 343 g/mol. The quantitative estimate of drug-likeness (QED) is 0.697. The lowest BCUT2D eigenvalue weighted by molar-refractivity contribution is -0.182. The lowest BCUT2D eigenvalue weighted by Crippen LogP contribution is -2.33. The van der Waals surface area contributed by atoms with E-state index in [0.717, 1.165) is 0 Å². The van der Waals surface area contributed by atoms with Gasteiger partial charge in [0.25, 0.3) is 0 Å². The van der Waals surface area contributed by atoms with Crippen molar-refractivity contribution in [3.05, 3.63) is 34.9 Å². The van der Waals surface area contributed by atoms with Crippen LogP contribution >= 0.6 is 0 Å². The van der Waals surface area contributed by atoms with Gasteiger partial charge in [0.05, 0.1) is 11.5 Å². The van der Waals surface area contributed by atoms with Crippen molar-refractivity contribution >= 4 is 5.97 Å². The van der Waals surface area contributed by atoms with Crippen LogP contribution in [0.4, 0.5) is 22.0 Å². The Morgan fingerprint density at radius 2 is 1.64 bits per heavy atom. The Kier molecular flexibility index (Phi) is 4.54. The van der Waals surface area contributed by atoms with E-state index in [0.29, 0.717) is 11.1 Å². The Bertz CT molecular complexity index is 652. The Hall–Kier alpha value is -1.66. The number of hydrogen-bond acceptors (Lipinski definition) is 1. The minimum absolute atomic E-state index is 0.0288.